The van der Waals surface area contributed by atoms with Gasteiger partial charge in [-0.15, -0.1) is 0 Å². The first kappa shape index (κ1) is 13.5. The van der Waals surface area contributed by atoms with Gasteiger partial charge in [0.2, 0.25) is 0 Å². The minimum atomic E-state index is -0.339. The lowest BCUT2D eigenvalue weighted by Crippen LogP contribution is -2.38. The Bertz CT molecular complexity index is 577. The number of nitrogens with zero attached hydrogens (tertiary/aromatic N) is 2. The van der Waals surface area contributed by atoms with Crippen molar-refractivity contribution < 1.29 is 13.7 Å². The standard InChI is InChI=1S/C14H14ClFN2O2/c15-13-7-10(16)1-2-12(13)14-9-18(4-6-19-14)8-11-3-5-20-17-11/h1-3,5,7,14H,4,6,8-9H2/t14-/m0/s1. The van der Waals surface area contributed by atoms with E-state index in [-0.39, 0.29) is 11.9 Å². The van der Waals surface area contributed by atoms with E-state index < -0.39 is 0 Å². The minimum Gasteiger partial charge on any atom is -0.371 e. The molecule has 106 valence electrons. The van der Waals surface area contributed by atoms with Crippen LogP contribution in [0, 0.1) is 5.82 Å². The topological polar surface area (TPSA) is 38.5 Å². The molecule has 0 unspecified atom stereocenters. The van der Waals surface area contributed by atoms with Gasteiger partial charge in [-0.1, -0.05) is 22.8 Å². The van der Waals surface area contributed by atoms with Crippen molar-refractivity contribution in [1.29, 1.82) is 0 Å². The summed E-state index contributed by atoms with van der Waals surface area (Å²) in [5, 5.41) is 4.31. The summed E-state index contributed by atoms with van der Waals surface area (Å²) in [6, 6.07) is 6.25. The maximum absolute atomic E-state index is 13.1. The van der Waals surface area contributed by atoms with Crippen molar-refractivity contribution in [3.05, 3.63) is 52.6 Å². The second kappa shape index (κ2) is 5.91. The van der Waals surface area contributed by atoms with Crippen molar-refractivity contribution in [2.45, 2.75) is 12.6 Å². The molecule has 0 saturated carbocycles. The fourth-order valence-electron chi connectivity index (χ4n) is 2.35. The second-order valence-electron chi connectivity index (χ2n) is 4.75. The van der Waals surface area contributed by atoms with Crippen LogP contribution in [0.2, 0.25) is 5.02 Å². The number of hydrogen-bond acceptors (Lipinski definition) is 4. The first-order valence-corrected chi connectivity index (χ1v) is 6.78. The Labute approximate surface area is 121 Å². The molecular weight excluding hydrogens is 283 g/mol. The van der Waals surface area contributed by atoms with Gasteiger partial charge in [0.1, 0.15) is 12.1 Å². The molecule has 6 heteroatoms. The number of halogens is 2. The largest absolute Gasteiger partial charge is 0.371 e. The molecule has 1 aromatic heterocycles. The molecule has 0 bridgehead atoms. The molecule has 0 amide bonds. The van der Waals surface area contributed by atoms with Gasteiger partial charge in [-0.3, -0.25) is 4.90 Å². The van der Waals surface area contributed by atoms with E-state index >= 15 is 0 Å². The van der Waals surface area contributed by atoms with Crippen molar-refractivity contribution in [2.24, 2.45) is 0 Å². The Balaban J connectivity index is 1.71. The molecule has 1 aliphatic heterocycles. The van der Waals surface area contributed by atoms with Gasteiger partial charge in [0, 0.05) is 36.3 Å². The number of hydrogen-bond donors (Lipinski definition) is 0. The van der Waals surface area contributed by atoms with Crippen molar-refractivity contribution >= 4 is 11.6 Å². The third kappa shape index (κ3) is 3.00. The first-order chi connectivity index (χ1) is 9.72. The average Bonchev–Trinajstić information content (AvgIpc) is 2.92. The Kier molecular flexibility index (Phi) is 4.00. The quantitative estimate of drug-likeness (QED) is 0.872. The summed E-state index contributed by atoms with van der Waals surface area (Å²) in [5.41, 5.74) is 1.70. The Hall–Kier alpha value is -1.43. The lowest BCUT2D eigenvalue weighted by Gasteiger charge is -2.32. The molecule has 2 heterocycles. The van der Waals surface area contributed by atoms with Gasteiger partial charge in [-0.25, -0.2) is 4.39 Å². The molecule has 1 saturated heterocycles. The van der Waals surface area contributed by atoms with Crippen LogP contribution in [0.5, 0.6) is 0 Å². The summed E-state index contributed by atoms with van der Waals surface area (Å²) in [6.07, 6.45) is 1.41. The number of aromatic nitrogens is 1. The molecule has 2 aromatic rings. The van der Waals surface area contributed by atoms with Crippen LogP contribution in [0.1, 0.15) is 17.4 Å². The summed E-state index contributed by atoms with van der Waals surface area (Å²) in [4.78, 5) is 2.21. The fraction of sp³-hybridized carbons (Fsp3) is 0.357. The number of ether oxygens (including phenoxy) is 1. The van der Waals surface area contributed by atoms with Gasteiger partial charge < -0.3 is 9.26 Å². The molecule has 20 heavy (non-hydrogen) atoms. The highest BCUT2D eigenvalue weighted by Crippen LogP contribution is 2.29. The van der Waals surface area contributed by atoms with E-state index in [1.54, 1.807) is 12.3 Å². The van der Waals surface area contributed by atoms with Gasteiger partial charge in [0.15, 0.2) is 0 Å². The van der Waals surface area contributed by atoms with Crippen molar-refractivity contribution in [3.8, 4) is 0 Å². The normalized spacial score (nSPS) is 20.2. The van der Waals surface area contributed by atoms with E-state index in [4.69, 9.17) is 20.9 Å². The molecule has 0 spiro atoms. The van der Waals surface area contributed by atoms with E-state index in [2.05, 4.69) is 10.1 Å². The van der Waals surface area contributed by atoms with Gasteiger partial charge >= 0.3 is 0 Å². The van der Waals surface area contributed by atoms with Crippen LogP contribution in [0.3, 0.4) is 0 Å². The molecule has 0 radical (unpaired) electrons. The summed E-state index contributed by atoms with van der Waals surface area (Å²) in [5.74, 6) is -0.339. The molecule has 0 aliphatic carbocycles. The SMILES string of the molecule is Fc1ccc([C@@H]2CN(Cc3ccon3)CCO2)c(Cl)c1. The van der Waals surface area contributed by atoms with Crippen molar-refractivity contribution in [1.82, 2.24) is 10.1 Å². The van der Waals surface area contributed by atoms with Crippen LogP contribution in [0.25, 0.3) is 0 Å². The lowest BCUT2D eigenvalue weighted by molar-refractivity contribution is -0.0334. The smallest absolute Gasteiger partial charge is 0.124 e. The van der Waals surface area contributed by atoms with Gasteiger partial charge in [0.25, 0.3) is 0 Å². The monoisotopic (exact) mass is 296 g/mol. The molecule has 1 aliphatic rings. The van der Waals surface area contributed by atoms with E-state index in [9.17, 15) is 4.39 Å². The maximum Gasteiger partial charge on any atom is 0.124 e. The molecule has 3 rings (SSSR count). The molecule has 4 nitrogen and oxygen atoms in total. The molecular formula is C14H14ClFN2O2. The highest BCUT2D eigenvalue weighted by atomic mass is 35.5. The van der Waals surface area contributed by atoms with Crippen LogP contribution in [0.15, 0.2) is 35.1 Å². The van der Waals surface area contributed by atoms with Crippen LogP contribution in [-0.2, 0) is 11.3 Å². The van der Waals surface area contributed by atoms with Gasteiger partial charge in [-0.05, 0) is 12.1 Å². The second-order valence-corrected chi connectivity index (χ2v) is 5.16. The number of rotatable bonds is 3. The van der Waals surface area contributed by atoms with E-state index in [0.717, 1.165) is 17.8 Å². The lowest BCUT2D eigenvalue weighted by atomic mass is 10.1. The number of benzene rings is 1. The predicted octanol–water partition coefficient (Wildman–Crippen LogP) is 3.04. The maximum atomic E-state index is 13.1. The van der Waals surface area contributed by atoms with Crippen LogP contribution in [0.4, 0.5) is 4.39 Å². The zero-order valence-electron chi connectivity index (χ0n) is 10.8. The highest BCUT2D eigenvalue weighted by Gasteiger charge is 2.24. The Morgan fingerprint density at radius 3 is 3.05 bits per heavy atom. The summed E-state index contributed by atoms with van der Waals surface area (Å²) < 4.78 is 23.7. The zero-order valence-corrected chi connectivity index (χ0v) is 11.5. The Morgan fingerprint density at radius 2 is 2.30 bits per heavy atom. The molecule has 0 N–H and O–H groups in total. The highest BCUT2D eigenvalue weighted by molar-refractivity contribution is 6.31. The minimum absolute atomic E-state index is 0.149. The van der Waals surface area contributed by atoms with Crippen molar-refractivity contribution in [2.75, 3.05) is 19.7 Å². The zero-order chi connectivity index (χ0) is 13.9. The summed E-state index contributed by atoms with van der Waals surface area (Å²) in [6.45, 7) is 2.83. The molecule has 1 fully saturated rings. The average molecular weight is 297 g/mol. The van der Waals surface area contributed by atoms with E-state index in [1.807, 2.05) is 6.07 Å². The summed E-state index contributed by atoms with van der Waals surface area (Å²) in [7, 11) is 0. The van der Waals surface area contributed by atoms with E-state index in [1.165, 1.54) is 12.1 Å². The predicted molar refractivity (Wildman–Crippen MR) is 71.9 cm³/mol. The third-order valence-corrected chi connectivity index (χ3v) is 3.66. The Morgan fingerprint density at radius 1 is 1.40 bits per heavy atom. The molecule has 1 atom stereocenters. The van der Waals surface area contributed by atoms with Crippen molar-refractivity contribution in [3.63, 3.8) is 0 Å². The van der Waals surface area contributed by atoms with Crippen LogP contribution < -0.4 is 0 Å². The van der Waals surface area contributed by atoms with Crippen LogP contribution in [-0.4, -0.2) is 29.8 Å². The third-order valence-electron chi connectivity index (χ3n) is 3.34. The summed E-state index contributed by atoms with van der Waals surface area (Å²) >= 11 is 6.09. The van der Waals surface area contributed by atoms with E-state index in [0.29, 0.717) is 24.7 Å². The van der Waals surface area contributed by atoms with Gasteiger partial charge in [0.05, 0.1) is 18.4 Å². The fourth-order valence-corrected chi connectivity index (χ4v) is 2.63. The van der Waals surface area contributed by atoms with Gasteiger partial charge in [-0.2, -0.15) is 0 Å². The van der Waals surface area contributed by atoms with Crippen LogP contribution >= 0.6 is 11.6 Å². The molecule has 1 aromatic carbocycles. The first-order valence-electron chi connectivity index (χ1n) is 6.40. The number of morpholine rings is 1.